The number of anilines is 1. The van der Waals surface area contributed by atoms with Crippen molar-refractivity contribution in [1.82, 2.24) is 14.9 Å². The molecule has 1 aromatic carbocycles. The van der Waals surface area contributed by atoms with Crippen molar-refractivity contribution < 1.29 is 4.52 Å². The molecule has 114 valence electrons. The monoisotopic (exact) mass is 316 g/mol. The van der Waals surface area contributed by atoms with Gasteiger partial charge in [0, 0.05) is 23.3 Å². The second-order valence-corrected chi connectivity index (χ2v) is 5.65. The fourth-order valence-corrected chi connectivity index (χ4v) is 2.39. The molecule has 0 amide bonds. The first kappa shape index (κ1) is 14.7. The summed E-state index contributed by atoms with van der Waals surface area (Å²) < 4.78 is 7.04. The Bertz CT molecular complexity index is 741. The number of nitrogens with one attached hydrogen (secondary N) is 1. The normalized spacial score (nSPS) is 10.9. The third kappa shape index (κ3) is 3.31. The molecular formula is C16H17ClN4O. The Morgan fingerprint density at radius 2 is 2.00 bits per heavy atom. The molecule has 0 radical (unpaired) electrons. The van der Waals surface area contributed by atoms with E-state index in [0.29, 0.717) is 13.1 Å². The number of halogens is 1. The lowest BCUT2D eigenvalue weighted by Gasteiger charge is -2.03. The predicted molar refractivity (Wildman–Crippen MR) is 86.1 cm³/mol. The van der Waals surface area contributed by atoms with Crippen LogP contribution in [0.2, 0.25) is 5.02 Å². The molecule has 0 unspecified atom stereocenters. The minimum absolute atomic E-state index is 0.674. The molecule has 0 saturated heterocycles. The maximum absolute atomic E-state index is 5.89. The van der Waals surface area contributed by atoms with Gasteiger partial charge in [-0.3, -0.25) is 4.68 Å². The Kier molecular flexibility index (Phi) is 4.15. The molecule has 2 aromatic heterocycles. The topological polar surface area (TPSA) is 55.9 Å². The van der Waals surface area contributed by atoms with Gasteiger partial charge in [0.1, 0.15) is 5.76 Å². The largest absolute Gasteiger partial charge is 0.378 e. The number of hydrogen-bond acceptors (Lipinski definition) is 4. The minimum Gasteiger partial charge on any atom is -0.378 e. The van der Waals surface area contributed by atoms with Gasteiger partial charge in [-0.15, -0.1) is 0 Å². The van der Waals surface area contributed by atoms with Crippen molar-refractivity contribution in [1.29, 1.82) is 0 Å². The van der Waals surface area contributed by atoms with Crippen LogP contribution < -0.4 is 5.32 Å². The van der Waals surface area contributed by atoms with Gasteiger partial charge in [0.15, 0.2) is 0 Å². The van der Waals surface area contributed by atoms with E-state index in [1.54, 1.807) is 0 Å². The molecular weight excluding hydrogens is 300 g/mol. The van der Waals surface area contributed by atoms with Crippen molar-refractivity contribution in [3.63, 3.8) is 0 Å². The maximum Gasteiger partial charge on any atom is 0.138 e. The summed E-state index contributed by atoms with van der Waals surface area (Å²) in [4.78, 5) is 0. The third-order valence-corrected chi connectivity index (χ3v) is 3.79. The maximum atomic E-state index is 5.89. The number of aromatic nitrogens is 3. The van der Waals surface area contributed by atoms with Gasteiger partial charge < -0.3 is 9.84 Å². The number of hydrogen-bond donors (Lipinski definition) is 1. The fourth-order valence-electron chi connectivity index (χ4n) is 2.26. The highest BCUT2D eigenvalue weighted by molar-refractivity contribution is 6.30. The van der Waals surface area contributed by atoms with Gasteiger partial charge in [0.25, 0.3) is 0 Å². The number of nitrogens with zero attached hydrogens (tertiary/aromatic N) is 3. The van der Waals surface area contributed by atoms with Gasteiger partial charge in [0.2, 0.25) is 0 Å². The number of rotatable bonds is 5. The van der Waals surface area contributed by atoms with E-state index in [2.05, 4.69) is 15.6 Å². The van der Waals surface area contributed by atoms with Gasteiger partial charge in [-0.2, -0.15) is 5.10 Å². The van der Waals surface area contributed by atoms with E-state index in [9.17, 15) is 0 Å². The van der Waals surface area contributed by atoms with Crippen molar-refractivity contribution in [3.8, 4) is 0 Å². The zero-order valence-corrected chi connectivity index (χ0v) is 13.3. The van der Waals surface area contributed by atoms with E-state index < -0.39 is 0 Å². The van der Waals surface area contributed by atoms with E-state index in [-0.39, 0.29) is 0 Å². The van der Waals surface area contributed by atoms with Crippen LogP contribution in [-0.2, 0) is 13.1 Å². The lowest BCUT2D eigenvalue weighted by Crippen LogP contribution is -2.01. The average Bonchev–Trinajstić information content (AvgIpc) is 3.07. The Hall–Kier alpha value is -2.27. The van der Waals surface area contributed by atoms with E-state index in [1.807, 2.05) is 55.2 Å². The quantitative estimate of drug-likeness (QED) is 0.778. The zero-order valence-electron chi connectivity index (χ0n) is 12.5. The average molecular weight is 317 g/mol. The lowest BCUT2D eigenvalue weighted by molar-refractivity contribution is 0.392. The molecule has 2 heterocycles. The second kappa shape index (κ2) is 6.23. The number of aryl methyl sites for hydroxylation is 2. The highest BCUT2D eigenvalue weighted by atomic mass is 35.5. The summed E-state index contributed by atoms with van der Waals surface area (Å²) in [5, 5.41) is 12.4. The summed E-state index contributed by atoms with van der Waals surface area (Å²) in [5.41, 5.74) is 4.13. The van der Waals surface area contributed by atoms with E-state index in [4.69, 9.17) is 16.1 Å². The van der Waals surface area contributed by atoms with Crippen LogP contribution in [0.25, 0.3) is 0 Å². The van der Waals surface area contributed by atoms with Crippen LogP contribution in [-0.4, -0.2) is 14.9 Å². The van der Waals surface area contributed by atoms with Gasteiger partial charge in [-0.1, -0.05) is 28.9 Å². The van der Waals surface area contributed by atoms with Gasteiger partial charge in [-0.25, -0.2) is 0 Å². The molecule has 3 aromatic rings. The van der Waals surface area contributed by atoms with Crippen molar-refractivity contribution in [3.05, 3.63) is 64.3 Å². The van der Waals surface area contributed by atoms with Crippen LogP contribution in [0, 0.1) is 13.8 Å². The summed E-state index contributed by atoms with van der Waals surface area (Å²) in [6, 6.07) is 7.77. The molecule has 22 heavy (non-hydrogen) atoms. The Balaban J connectivity index is 1.63. The minimum atomic E-state index is 0.674. The van der Waals surface area contributed by atoms with Crippen LogP contribution in [0.15, 0.2) is 41.2 Å². The molecule has 3 rings (SSSR count). The SMILES string of the molecule is Cc1noc(C)c1CNc1cnn(Cc2ccc(Cl)cc2)c1. The van der Waals surface area contributed by atoms with Crippen LogP contribution in [0.4, 0.5) is 5.69 Å². The molecule has 5 nitrogen and oxygen atoms in total. The standard InChI is InChI=1S/C16H17ClN4O/c1-11-16(12(2)22-20-11)8-18-15-7-19-21(10-15)9-13-3-5-14(17)6-4-13/h3-7,10,18H,8-9H2,1-2H3. The molecule has 0 aliphatic carbocycles. The number of benzene rings is 1. The molecule has 0 aliphatic heterocycles. The zero-order chi connectivity index (χ0) is 15.5. The highest BCUT2D eigenvalue weighted by Gasteiger charge is 2.08. The van der Waals surface area contributed by atoms with Gasteiger partial charge >= 0.3 is 0 Å². The molecule has 0 spiro atoms. The Labute approximate surface area is 133 Å². The second-order valence-electron chi connectivity index (χ2n) is 5.21. The molecule has 6 heteroatoms. The van der Waals surface area contributed by atoms with E-state index in [1.165, 1.54) is 0 Å². The summed E-state index contributed by atoms with van der Waals surface area (Å²) in [6.07, 6.45) is 3.79. The summed E-state index contributed by atoms with van der Waals surface area (Å²) in [6.45, 7) is 5.25. The van der Waals surface area contributed by atoms with Crippen LogP contribution in [0.5, 0.6) is 0 Å². The van der Waals surface area contributed by atoms with Gasteiger partial charge in [0.05, 0.1) is 24.1 Å². The highest BCUT2D eigenvalue weighted by Crippen LogP contribution is 2.16. The summed E-state index contributed by atoms with van der Waals surface area (Å²) in [5.74, 6) is 0.846. The molecule has 0 fully saturated rings. The lowest BCUT2D eigenvalue weighted by atomic mass is 10.2. The Morgan fingerprint density at radius 1 is 1.23 bits per heavy atom. The van der Waals surface area contributed by atoms with Crippen molar-refractivity contribution in [2.75, 3.05) is 5.32 Å². The van der Waals surface area contributed by atoms with Crippen LogP contribution in [0.1, 0.15) is 22.6 Å². The third-order valence-electron chi connectivity index (χ3n) is 3.54. The molecule has 1 N–H and O–H groups in total. The first-order valence-electron chi connectivity index (χ1n) is 7.04. The van der Waals surface area contributed by atoms with Crippen molar-refractivity contribution >= 4 is 17.3 Å². The fraction of sp³-hybridized carbons (Fsp3) is 0.250. The van der Waals surface area contributed by atoms with Crippen LogP contribution >= 0.6 is 11.6 Å². The predicted octanol–water partition coefficient (Wildman–Crippen LogP) is 3.80. The van der Waals surface area contributed by atoms with Crippen LogP contribution in [0.3, 0.4) is 0 Å². The first-order valence-corrected chi connectivity index (χ1v) is 7.42. The first-order chi connectivity index (χ1) is 10.6. The molecule has 0 atom stereocenters. The van der Waals surface area contributed by atoms with E-state index >= 15 is 0 Å². The molecule has 0 saturated carbocycles. The van der Waals surface area contributed by atoms with E-state index in [0.717, 1.165) is 33.3 Å². The smallest absolute Gasteiger partial charge is 0.138 e. The summed E-state index contributed by atoms with van der Waals surface area (Å²) in [7, 11) is 0. The van der Waals surface area contributed by atoms with Crippen molar-refractivity contribution in [2.24, 2.45) is 0 Å². The Morgan fingerprint density at radius 3 is 2.68 bits per heavy atom. The van der Waals surface area contributed by atoms with Crippen molar-refractivity contribution in [2.45, 2.75) is 26.9 Å². The molecule has 0 bridgehead atoms. The summed E-state index contributed by atoms with van der Waals surface area (Å²) >= 11 is 5.89. The molecule has 0 aliphatic rings. The van der Waals surface area contributed by atoms with Gasteiger partial charge in [-0.05, 0) is 31.5 Å².